The van der Waals surface area contributed by atoms with Crippen molar-refractivity contribution in [1.82, 2.24) is 0 Å². The fourth-order valence-electron chi connectivity index (χ4n) is 0.895. The summed E-state index contributed by atoms with van der Waals surface area (Å²) in [4.78, 5) is 0. The molecule has 0 aliphatic carbocycles. The highest BCUT2D eigenvalue weighted by Crippen LogP contribution is 2.31. The van der Waals surface area contributed by atoms with E-state index in [1.165, 1.54) is 18.2 Å². The summed E-state index contributed by atoms with van der Waals surface area (Å²) < 4.78 is 39.2. The maximum atomic E-state index is 11.8. The average molecular weight is 227 g/mol. The largest absolute Gasteiger partial charge is 0.573 e. The van der Waals surface area contributed by atoms with Crippen LogP contribution in [-0.2, 0) is 0 Å². The van der Waals surface area contributed by atoms with Gasteiger partial charge >= 0.3 is 6.36 Å². The molecule has 0 aromatic heterocycles. The van der Waals surface area contributed by atoms with E-state index in [-0.39, 0.29) is 5.56 Å². The monoisotopic (exact) mass is 226 g/mol. The smallest absolute Gasteiger partial charge is 0.405 e. The van der Waals surface area contributed by atoms with Crippen LogP contribution in [0.25, 0.3) is 0 Å². The van der Waals surface area contributed by atoms with Gasteiger partial charge in [0, 0.05) is 5.56 Å². The Kier molecular flexibility index (Phi) is 3.23. The van der Waals surface area contributed by atoms with E-state index >= 15 is 0 Å². The van der Waals surface area contributed by atoms with E-state index in [9.17, 15) is 13.2 Å². The molecule has 0 bridgehead atoms. The van der Waals surface area contributed by atoms with Crippen molar-refractivity contribution in [3.63, 3.8) is 0 Å². The van der Waals surface area contributed by atoms with Crippen LogP contribution in [0.1, 0.15) is 11.1 Å². The molecule has 6 heteroatoms. The number of aliphatic hydroxyl groups is 1. The van der Waals surface area contributed by atoms with E-state index in [1.807, 2.05) is 0 Å². The Morgan fingerprint density at radius 1 is 1.29 bits per heavy atom. The molecule has 0 saturated carbocycles. The first-order valence-electron chi connectivity index (χ1n) is 3.57. The molecule has 78 valence electrons. The molecule has 0 heterocycles. The first kappa shape index (κ1) is 11.1. The molecule has 0 aliphatic rings. The molecule has 1 aromatic carbocycles. The fraction of sp³-hybridized carbons (Fsp3) is 0.250. The molecule has 1 unspecified atom stereocenters. The van der Waals surface area contributed by atoms with E-state index in [0.29, 0.717) is 0 Å². The summed E-state index contributed by atoms with van der Waals surface area (Å²) >= 11 is 5.25. The number of alkyl halides is 4. The Labute approximate surface area is 82.9 Å². The fourth-order valence-corrected chi connectivity index (χ4v) is 1.08. The van der Waals surface area contributed by atoms with Crippen LogP contribution in [0.15, 0.2) is 24.3 Å². The van der Waals surface area contributed by atoms with E-state index in [1.54, 1.807) is 0 Å². The SMILES string of the molecule is OC(Cl)c1ccccc1OC(F)(F)F. The van der Waals surface area contributed by atoms with Crippen LogP contribution >= 0.6 is 11.6 Å². The molecule has 14 heavy (non-hydrogen) atoms. The number of hydrogen-bond acceptors (Lipinski definition) is 2. The highest BCUT2D eigenvalue weighted by molar-refractivity contribution is 6.19. The standard InChI is InChI=1S/C8H6ClF3O2/c9-7(13)5-3-1-2-4-6(5)14-8(10,11)12/h1-4,7,13H. The van der Waals surface area contributed by atoms with Crippen LogP contribution in [0.4, 0.5) is 13.2 Å². The van der Waals surface area contributed by atoms with Crippen LogP contribution in [-0.4, -0.2) is 11.5 Å². The molecule has 0 amide bonds. The number of ether oxygens (including phenoxy) is 1. The normalized spacial score (nSPS) is 13.8. The summed E-state index contributed by atoms with van der Waals surface area (Å²) in [5, 5.41) is 8.92. The zero-order chi connectivity index (χ0) is 10.8. The van der Waals surface area contributed by atoms with Crippen molar-refractivity contribution in [3.8, 4) is 5.75 Å². The molecule has 1 N–H and O–H groups in total. The molecule has 0 saturated heterocycles. The van der Waals surface area contributed by atoms with Gasteiger partial charge in [0.1, 0.15) is 5.75 Å². The van der Waals surface area contributed by atoms with Gasteiger partial charge in [-0.3, -0.25) is 0 Å². The average Bonchev–Trinajstić information content (AvgIpc) is 2.01. The highest BCUT2D eigenvalue weighted by atomic mass is 35.5. The lowest BCUT2D eigenvalue weighted by atomic mass is 10.2. The molecular formula is C8H6ClF3O2. The molecule has 0 aliphatic heterocycles. The van der Waals surface area contributed by atoms with Crippen LogP contribution in [0.2, 0.25) is 0 Å². The van der Waals surface area contributed by atoms with E-state index < -0.39 is 17.7 Å². The van der Waals surface area contributed by atoms with Gasteiger partial charge in [0.25, 0.3) is 0 Å². The lowest BCUT2D eigenvalue weighted by Crippen LogP contribution is -2.18. The summed E-state index contributed by atoms with van der Waals surface area (Å²) in [6.45, 7) is 0. The van der Waals surface area contributed by atoms with Crippen molar-refractivity contribution in [2.75, 3.05) is 0 Å². The van der Waals surface area contributed by atoms with E-state index in [4.69, 9.17) is 16.7 Å². The van der Waals surface area contributed by atoms with Gasteiger partial charge in [-0.1, -0.05) is 29.8 Å². The Morgan fingerprint density at radius 3 is 2.36 bits per heavy atom. The number of halogens is 4. The maximum absolute atomic E-state index is 11.8. The van der Waals surface area contributed by atoms with Crippen LogP contribution in [0.3, 0.4) is 0 Å². The number of aliphatic hydroxyl groups excluding tert-OH is 1. The predicted molar refractivity (Wildman–Crippen MR) is 43.9 cm³/mol. The number of benzene rings is 1. The predicted octanol–water partition coefficient (Wildman–Crippen LogP) is 2.81. The van der Waals surface area contributed by atoms with Crippen molar-refractivity contribution >= 4 is 11.6 Å². The van der Waals surface area contributed by atoms with Crippen LogP contribution in [0.5, 0.6) is 5.75 Å². The van der Waals surface area contributed by atoms with Gasteiger partial charge in [0.15, 0.2) is 5.56 Å². The van der Waals surface area contributed by atoms with Gasteiger partial charge < -0.3 is 9.84 Å². The second-order valence-electron chi connectivity index (χ2n) is 2.42. The lowest BCUT2D eigenvalue weighted by molar-refractivity contribution is -0.275. The van der Waals surface area contributed by atoms with E-state index in [2.05, 4.69) is 4.74 Å². The van der Waals surface area contributed by atoms with Crippen molar-refractivity contribution in [2.45, 2.75) is 11.9 Å². The lowest BCUT2D eigenvalue weighted by Gasteiger charge is -2.13. The molecule has 1 aromatic rings. The number of para-hydroxylation sites is 1. The van der Waals surface area contributed by atoms with E-state index in [0.717, 1.165) is 6.07 Å². The molecule has 1 atom stereocenters. The minimum absolute atomic E-state index is 0.119. The molecule has 0 fully saturated rings. The van der Waals surface area contributed by atoms with Crippen molar-refractivity contribution < 1.29 is 23.0 Å². The first-order valence-corrected chi connectivity index (χ1v) is 4.00. The van der Waals surface area contributed by atoms with Gasteiger partial charge in [-0.15, -0.1) is 13.2 Å². The first-order chi connectivity index (χ1) is 6.40. The topological polar surface area (TPSA) is 29.5 Å². The molecule has 1 rings (SSSR count). The summed E-state index contributed by atoms with van der Waals surface area (Å²) in [6.07, 6.45) is -4.79. The maximum Gasteiger partial charge on any atom is 0.573 e. The molecule has 0 spiro atoms. The summed E-state index contributed by atoms with van der Waals surface area (Å²) in [6, 6.07) is 5.13. The van der Waals surface area contributed by atoms with Gasteiger partial charge in [-0.05, 0) is 6.07 Å². The van der Waals surface area contributed by atoms with Crippen molar-refractivity contribution in [1.29, 1.82) is 0 Å². The quantitative estimate of drug-likeness (QED) is 0.786. The van der Waals surface area contributed by atoms with Crippen molar-refractivity contribution in [3.05, 3.63) is 29.8 Å². The second kappa shape index (κ2) is 4.06. The Balaban J connectivity index is 2.96. The summed E-state index contributed by atoms with van der Waals surface area (Å²) in [5.74, 6) is -0.498. The second-order valence-corrected chi connectivity index (χ2v) is 2.83. The van der Waals surface area contributed by atoms with Gasteiger partial charge in [-0.2, -0.15) is 0 Å². The van der Waals surface area contributed by atoms with Crippen molar-refractivity contribution in [2.24, 2.45) is 0 Å². The third kappa shape index (κ3) is 3.08. The Morgan fingerprint density at radius 2 is 1.86 bits per heavy atom. The Hall–Kier alpha value is -0.940. The van der Waals surface area contributed by atoms with Crippen LogP contribution in [0, 0.1) is 0 Å². The van der Waals surface area contributed by atoms with Gasteiger partial charge in [-0.25, -0.2) is 0 Å². The minimum atomic E-state index is -4.79. The van der Waals surface area contributed by atoms with Crippen LogP contribution < -0.4 is 4.74 Å². The zero-order valence-corrected chi connectivity index (χ0v) is 7.51. The number of hydrogen-bond donors (Lipinski definition) is 1. The zero-order valence-electron chi connectivity index (χ0n) is 6.75. The van der Waals surface area contributed by atoms with Gasteiger partial charge in [0.2, 0.25) is 0 Å². The molecule has 2 nitrogen and oxygen atoms in total. The highest BCUT2D eigenvalue weighted by Gasteiger charge is 2.32. The minimum Gasteiger partial charge on any atom is -0.405 e. The van der Waals surface area contributed by atoms with Gasteiger partial charge in [0.05, 0.1) is 0 Å². The number of rotatable bonds is 2. The summed E-state index contributed by atoms with van der Waals surface area (Å²) in [5.41, 5.74) is -1.64. The molecular weight excluding hydrogens is 221 g/mol. The third-order valence-electron chi connectivity index (χ3n) is 1.40. The third-order valence-corrected chi connectivity index (χ3v) is 1.64. The Bertz CT molecular complexity index is 312. The summed E-state index contributed by atoms with van der Waals surface area (Å²) in [7, 11) is 0. The molecule has 0 radical (unpaired) electrons.